The minimum absolute atomic E-state index is 0.409. The fourth-order valence-corrected chi connectivity index (χ4v) is 0.577. The van der Waals surface area contributed by atoms with Crippen molar-refractivity contribution in [3.8, 4) is 0 Å². The van der Waals surface area contributed by atoms with Gasteiger partial charge in [-0.25, -0.2) is 0 Å². The monoisotopic (exact) mass is 214 g/mol. The van der Waals surface area contributed by atoms with Gasteiger partial charge >= 0.3 is 0 Å². The summed E-state index contributed by atoms with van der Waals surface area (Å²) in [6.45, 7) is 16.5. The van der Waals surface area contributed by atoms with E-state index in [0.717, 1.165) is 17.8 Å². The SMILES string of the molecule is C/C=C/C(=C\O)C(C)C.CC.CC(C)C. The second-order valence-electron chi connectivity index (χ2n) is 4.02. The second-order valence-corrected chi connectivity index (χ2v) is 4.02. The quantitative estimate of drug-likeness (QED) is 0.485. The van der Waals surface area contributed by atoms with Crippen LogP contribution in [0.1, 0.15) is 55.4 Å². The van der Waals surface area contributed by atoms with Crippen LogP contribution in [-0.4, -0.2) is 5.11 Å². The molecule has 0 rings (SSSR count). The highest BCUT2D eigenvalue weighted by molar-refractivity contribution is 5.17. The minimum Gasteiger partial charge on any atom is -0.515 e. The molecule has 0 radical (unpaired) electrons. The number of aliphatic hydroxyl groups excluding tert-OH is 1. The van der Waals surface area contributed by atoms with Crippen LogP contribution in [0.4, 0.5) is 0 Å². The molecule has 92 valence electrons. The standard InChI is InChI=1S/C8H14O.C4H10.C2H6/c1-4-5-8(6-9)7(2)3;1-4(2)3;1-2/h4-7,9H,1-3H3;4H,1-3H3;1-2H3/b5-4+,8-6+;;. The van der Waals surface area contributed by atoms with Crippen LogP contribution in [0.3, 0.4) is 0 Å². The molecule has 0 aromatic rings. The zero-order valence-corrected chi connectivity index (χ0v) is 11.8. The lowest BCUT2D eigenvalue weighted by Crippen LogP contribution is -1.89. The van der Waals surface area contributed by atoms with Gasteiger partial charge in [-0.1, -0.05) is 60.6 Å². The number of allylic oxidation sites excluding steroid dienone is 3. The second kappa shape index (κ2) is 15.7. The minimum atomic E-state index is 0.409. The molecule has 1 N–H and O–H groups in total. The summed E-state index contributed by atoms with van der Waals surface area (Å²) >= 11 is 0. The lowest BCUT2D eigenvalue weighted by molar-refractivity contribution is 0.461. The Hall–Kier alpha value is -0.720. The summed E-state index contributed by atoms with van der Waals surface area (Å²) in [5.74, 6) is 1.24. The van der Waals surface area contributed by atoms with E-state index in [0.29, 0.717) is 5.92 Å². The molecular formula is C14H30O. The van der Waals surface area contributed by atoms with E-state index >= 15 is 0 Å². The lowest BCUT2D eigenvalue weighted by atomic mass is 10.1. The van der Waals surface area contributed by atoms with Gasteiger partial charge in [-0.15, -0.1) is 0 Å². The molecule has 0 bridgehead atoms. The predicted molar refractivity (Wildman–Crippen MR) is 72.2 cm³/mol. The topological polar surface area (TPSA) is 20.2 Å². The molecule has 1 heteroatoms. The van der Waals surface area contributed by atoms with Crippen LogP contribution in [0.5, 0.6) is 0 Å². The number of aliphatic hydroxyl groups is 1. The average molecular weight is 214 g/mol. The van der Waals surface area contributed by atoms with Gasteiger partial charge in [-0.05, 0) is 24.3 Å². The molecule has 0 atom stereocenters. The Bertz CT molecular complexity index is 150. The summed E-state index contributed by atoms with van der Waals surface area (Å²) in [6.07, 6.45) is 4.98. The Morgan fingerprint density at radius 3 is 1.40 bits per heavy atom. The van der Waals surface area contributed by atoms with Gasteiger partial charge in [0.15, 0.2) is 0 Å². The Morgan fingerprint density at radius 1 is 1.00 bits per heavy atom. The molecule has 0 amide bonds. The molecule has 0 fully saturated rings. The summed E-state index contributed by atoms with van der Waals surface area (Å²) in [6, 6.07) is 0. The van der Waals surface area contributed by atoms with Crippen LogP contribution in [0, 0.1) is 11.8 Å². The Balaban J connectivity index is -0.000000202. The summed E-state index contributed by atoms with van der Waals surface area (Å²) in [7, 11) is 0. The summed E-state index contributed by atoms with van der Waals surface area (Å²) in [5.41, 5.74) is 0.970. The molecule has 15 heavy (non-hydrogen) atoms. The van der Waals surface area contributed by atoms with Crippen LogP contribution in [0.2, 0.25) is 0 Å². The molecule has 0 aromatic carbocycles. The summed E-state index contributed by atoms with van der Waals surface area (Å²) < 4.78 is 0. The van der Waals surface area contributed by atoms with Crippen molar-refractivity contribution in [2.75, 3.05) is 0 Å². The molecular weight excluding hydrogens is 184 g/mol. The smallest absolute Gasteiger partial charge is 0.0826 e. The number of rotatable bonds is 2. The van der Waals surface area contributed by atoms with Crippen LogP contribution >= 0.6 is 0 Å². The van der Waals surface area contributed by atoms with Crippen LogP contribution in [0.25, 0.3) is 0 Å². The van der Waals surface area contributed by atoms with E-state index in [2.05, 4.69) is 20.8 Å². The van der Waals surface area contributed by atoms with Gasteiger partial charge in [0.1, 0.15) is 0 Å². The fraction of sp³-hybridized carbons (Fsp3) is 0.714. The molecule has 0 saturated heterocycles. The maximum Gasteiger partial charge on any atom is 0.0826 e. The van der Waals surface area contributed by atoms with Crippen LogP contribution in [-0.2, 0) is 0 Å². The third kappa shape index (κ3) is 24.6. The molecule has 1 nitrogen and oxygen atoms in total. The van der Waals surface area contributed by atoms with E-state index in [-0.39, 0.29) is 0 Å². The first kappa shape index (κ1) is 19.8. The Kier molecular flexibility index (Phi) is 20.8. The molecule has 0 saturated carbocycles. The van der Waals surface area contributed by atoms with Gasteiger partial charge in [-0.2, -0.15) is 0 Å². The van der Waals surface area contributed by atoms with Gasteiger partial charge in [0.25, 0.3) is 0 Å². The van der Waals surface area contributed by atoms with E-state index in [1.165, 1.54) is 0 Å². The van der Waals surface area contributed by atoms with Crippen molar-refractivity contribution in [3.63, 3.8) is 0 Å². The molecule has 0 unspecified atom stereocenters. The van der Waals surface area contributed by atoms with E-state index in [1.807, 2.05) is 46.8 Å². The van der Waals surface area contributed by atoms with E-state index < -0.39 is 0 Å². The first-order chi connectivity index (χ1) is 6.95. The highest BCUT2D eigenvalue weighted by atomic mass is 16.2. The maximum absolute atomic E-state index is 8.61. The van der Waals surface area contributed by atoms with Gasteiger partial charge in [0.05, 0.1) is 6.26 Å². The van der Waals surface area contributed by atoms with Crippen molar-refractivity contribution in [3.05, 3.63) is 24.0 Å². The summed E-state index contributed by atoms with van der Waals surface area (Å²) in [4.78, 5) is 0. The van der Waals surface area contributed by atoms with Gasteiger partial charge in [0, 0.05) is 0 Å². The van der Waals surface area contributed by atoms with Gasteiger partial charge < -0.3 is 5.11 Å². The Morgan fingerprint density at radius 2 is 1.33 bits per heavy atom. The van der Waals surface area contributed by atoms with Crippen molar-refractivity contribution >= 4 is 0 Å². The maximum atomic E-state index is 8.61. The third-order valence-electron chi connectivity index (χ3n) is 1.17. The first-order valence-electron chi connectivity index (χ1n) is 5.92. The fourth-order valence-electron chi connectivity index (χ4n) is 0.577. The Labute approximate surface area is 96.9 Å². The van der Waals surface area contributed by atoms with E-state index in [4.69, 9.17) is 5.11 Å². The van der Waals surface area contributed by atoms with Crippen LogP contribution in [0.15, 0.2) is 24.0 Å². The van der Waals surface area contributed by atoms with E-state index in [1.54, 1.807) is 0 Å². The molecule has 0 aromatic heterocycles. The highest BCUT2D eigenvalue weighted by Crippen LogP contribution is 2.08. The van der Waals surface area contributed by atoms with Crippen molar-refractivity contribution in [1.29, 1.82) is 0 Å². The van der Waals surface area contributed by atoms with Crippen molar-refractivity contribution in [2.24, 2.45) is 11.8 Å². The highest BCUT2D eigenvalue weighted by Gasteiger charge is 1.95. The largest absolute Gasteiger partial charge is 0.515 e. The zero-order valence-electron chi connectivity index (χ0n) is 11.8. The molecule has 0 spiro atoms. The van der Waals surface area contributed by atoms with Crippen molar-refractivity contribution < 1.29 is 5.11 Å². The molecule has 0 aliphatic heterocycles. The average Bonchev–Trinajstić information content (AvgIpc) is 2.16. The summed E-state index contributed by atoms with van der Waals surface area (Å²) in [5, 5.41) is 8.61. The van der Waals surface area contributed by atoms with Crippen LogP contribution < -0.4 is 0 Å². The van der Waals surface area contributed by atoms with Crippen molar-refractivity contribution in [2.45, 2.75) is 55.4 Å². The molecule has 0 aliphatic rings. The van der Waals surface area contributed by atoms with Gasteiger partial charge in [0.2, 0.25) is 0 Å². The normalized spacial score (nSPS) is 10.9. The number of hydrogen-bond donors (Lipinski definition) is 1. The predicted octanol–water partition coefficient (Wildman–Crippen LogP) is 5.35. The van der Waals surface area contributed by atoms with E-state index in [9.17, 15) is 0 Å². The van der Waals surface area contributed by atoms with Crippen molar-refractivity contribution in [1.82, 2.24) is 0 Å². The first-order valence-corrected chi connectivity index (χ1v) is 5.92. The molecule has 0 heterocycles. The lowest BCUT2D eigenvalue weighted by Gasteiger charge is -2.01. The zero-order chi connectivity index (χ0) is 12.9. The van der Waals surface area contributed by atoms with Gasteiger partial charge in [-0.3, -0.25) is 0 Å². The molecule has 0 aliphatic carbocycles. The number of hydrogen-bond acceptors (Lipinski definition) is 1. The third-order valence-corrected chi connectivity index (χ3v) is 1.17.